The predicted octanol–water partition coefficient (Wildman–Crippen LogP) is 2.26. The molecule has 0 aliphatic heterocycles. The van der Waals surface area contributed by atoms with E-state index in [1.807, 2.05) is 13.0 Å². The van der Waals surface area contributed by atoms with Crippen molar-refractivity contribution in [2.75, 3.05) is 5.32 Å². The van der Waals surface area contributed by atoms with Crippen LogP contribution in [0.2, 0.25) is 0 Å². The molecule has 1 heterocycles. The van der Waals surface area contributed by atoms with Crippen molar-refractivity contribution in [2.45, 2.75) is 44.8 Å². The fourth-order valence-corrected chi connectivity index (χ4v) is 2.55. The Balaban J connectivity index is 2.07. The van der Waals surface area contributed by atoms with E-state index in [1.165, 1.54) is 6.42 Å². The Hall–Kier alpha value is -0.680. The number of aliphatic hydroxyl groups is 1. The number of aliphatic hydroxyl groups excluding tert-OH is 1. The number of anilines is 1. The zero-order valence-corrected chi connectivity index (χ0v) is 10.9. The number of aryl methyl sites for hydroxylation is 1. The molecular formula is C11H16BrN3O. The van der Waals surface area contributed by atoms with Gasteiger partial charge < -0.3 is 10.4 Å². The van der Waals surface area contributed by atoms with Gasteiger partial charge in [0.2, 0.25) is 0 Å². The summed E-state index contributed by atoms with van der Waals surface area (Å²) < 4.78 is 0.771. The Labute approximate surface area is 104 Å². The Morgan fingerprint density at radius 3 is 2.81 bits per heavy atom. The molecule has 1 fully saturated rings. The summed E-state index contributed by atoms with van der Waals surface area (Å²) in [6, 6.07) is 1.96. The molecule has 0 bridgehead atoms. The van der Waals surface area contributed by atoms with Crippen molar-refractivity contribution in [3.63, 3.8) is 0 Å². The highest BCUT2D eigenvalue weighted by atomic mass is 79.9. The minimum atomic E-state index is -0.261. The van der Waals surface area contributed by atoms with Crippen molar-refractivity contribution in [1.82, 2.24) is 9.97 Å². The van der Waals surface area contributed by atoms with E-state index in [0.717, 1.165) is 35.5 Å². The number of nitrogens with zero attached hydrogens (tertiary/aromatic N) is 2. The standard InChI is InChI=1S/C11H16BrN3O/c1-7-13-10(12)6-11(14-7)15-8-4-2-3-5-9(8)16/h6,8-9,16H,2-5H2,1H3,(H,13,14,15). The molecule has 4 nitrogen and oxygen atoms in total. The molecule has 0 saturated heterocycles. The van der Waals surface area contributed by atoms with Gasteiger partial charge in [-0.2, -0.15) is 0 Å². The van der Waals surface area contributed by atoms with E-state index in [9.17, 15) is 5.11 Å². The third-order valence-electron chi connectivity index (χ3n) is 2.87. The second kappa shape index (κ2) is 5.10. The molecule has 1 aliphatic carbocycles. The van der Waals surface area contributed by atoms with Crippen LogP contribution in [0.1, 0.15) is 31.5 Å². The van der Waals surface area contributed by atoms with Gasteiger partial charge in [-0.25, -0.2) is 9.97 Å². The molecule has 0 aromatic carbocycles. The van der Waals surface area contributed by atoms with Crippen LogP contribution >= 0.6 is 15.9 Å². The van der Waals surface area contributed by atoms with Crippen molar-refractivity contribution in [3.05, 3.63) is 16.5 Å². The molecule has 2 N–H and O–H groups in total. The first-order valence-electron chi connectivity index (χ1n) is 5.61. The molecular weight excluding hydrogens is 270 g/mol. The zero-order chi connectivity index (χ0) is 11.5. The Kier molecular flexibility index (Phi) is 3.76. The summed E-state index contributed by atoms with van der Waals surface area (Å²) in [6.07, 6.45) is 3.90. The van der Waals surface area contributed by atoms with E-state index >= 15 is 0 Å². The minimum absolute atomic E-state index is 0.120. The first kappa shape index (κ1) is 11.8. The summed E-state index contributed by atoms with van der Waals surface area (Å²) in [5.74, 6) is 1.51. The molecule has 88 valence electrons. The number of nitrogens with one attached hydrogen (secondary N) is 1. The average Bonchev–Trinajstić information content (AvgIpc) is 2.20. The lowest BCUT2D eigenvalue weighted by atomic mass is 9.93. The molecule has 16 heavy (non-hydrogen) atoms. The average molecular weight is 286 g/mol. The third-order valence-corrected chi connectivity index (χ3v) is 3.28. The third kappa shape index (κ3) is 2.92. The van der Waals surface area contributed by atoms with Gasteiger partial charge in [-0.05, 0) is 35.7 Å². The first-order valence-corrected chi connectivity index (χ1v) is 6.40. The Bertz CT molecular complexity index is 352. The van der Waals surface area contributed by atoms with Crippen molar-refractivity contribution < 1.29 is 5.11 Å². The molecule has 5 heteroatoms. The number of rotatable bonds is 2. The van der Waals surface area contributed by atoms with Crippen LogP contribution in [-0.4, -0.2) is 27.2 Å². The van der Waals surface area contributed by atoms with Crippen molar-refractivity contribution in [1.29, 1.82) is 0 Å². The van der Waals surface area contributed by atoms with Crippen LogP contribution in [0.25, 0.3) is 0 Å². The summed E-state index contributed by atoms with van der Waals surface area (Å²) in [6.45, 7) is 1.85. The lowest BCUT2D eigenvalue weighted by Gasteiger charge is -2.28. The largest absolute Gasteiger partial charge is 0.391 e. The number of hydrogen-bond donors (Lipinski definition) is 2. The van der Waals surface area contributed by atoms with Crippen molar-refractivity contribution in [3.8, 4) is 0 Å². The number of hydrogen-bond acceptors (Lipinski definition) is 4. The molecule has 1 saturated carbocycles. The van der Waals surface area contributed by atoms with Crippen LogP contribution < -0.4 is 5.32 Å². The van der Waals surface area contributed by atoms with Crippen LogP contribution in [0.4, 0.5) is 5.82 Å². The quantitative estimate of drug-likeness (QED) is 0.819. The lowest BCUT2D eigenvalue weighted by Crippen LogP contribution is -2.36. The summed E-state index contributed by atoms with van der Waals surface area (Å²) in [5, 5.41) is 13.1. The van der Waals surface area contributed by atoms with Crippen molar-refractivity contribution in [2.24, 2.45) is 0 Å². The number of halogens is 1. The smallest absolute Gasteiger partial charge is 0.131 e. The summed E-state index contributed by atoms with van der Waals surface area (Å²) >= 11 is 3.34. The van der Waals surface area contributed by atoms with Crippen LogP contribution in [-0.2, 0) is 0 Å². The highest BCUT2D eigenvalue weighted by Gasteiger charge is 2.23. The van der Waals surface area contributed by atoms with Gasteiger partial charge in [0.05, 0.1) is 12.1 Å². The molecule has 0 spiro atoms. The van der Waals surface area contributed by atoms with Crippen LogP contribution in [0.5, 0.6) is 0 Å². The predicted molar refractivity (Wildman–Crippen MR) is 66.4 cm³/mol. The molecule has 2 rings (SSSR count). The van der Waals surface area contributed by atoms with Crippen molar-refractivity contribution >= 4 is 21.7 Å². The summed E-state index contributed by atoms with van der Waals surface area (Å²) in [4.78, 5) is 8.45. The van der Waals surface area contributed by atoms with Gasteiger partial charge in [-0.1, -0.05) is 12.8 Å². The molecule has 1 aliphatic rings. The second-order valence-electron chi connectivity index (χ2n) is 4.23. The fraction of sp³-hybridized carbons (Fsp3) is 0.636. The maximum absolute atomic E-state index is 9.85. The fourth-order valence-electron chi connectivity index (χ4n) is 2.07. The summed E-state index contributed by atoms with van der Waals surface area (Å²) in [5.41, 5.74) is 0. The van der Waals surface area contributed by atoms with E-state index in [1.54, 1.807) is 0 Å². The van der Waals surface area contributed by atoms with E-state index in [2.05, 4.69) is 31.2 Å². The van der Waals surface area contributed by atoms with Gasteiger partial charge in [0, 0.05) is 6.07 Å². The normalized spacial score (nSPS) is 25.4. The molecule has 1 aromatic rings. The highest BCUT2D eigenvalue weighted by molar-refractivity contribution is 9.10. The molecule has 1 aromatic heterocycles. The minimum Gasteiger partial charge on any atom is -0.391 e. The lowest BCUT2D eigenvalue weighted by molar-refractivity contribution is 0.116. The zero-order valence-electron chi connectivity index (χ0n) is 9.28. The van der Waals surface area contributed by atoms with E-state index in [-0.39, 0.29) is 12.1 Å². The molecule has 0 radical (unpaired) electrons. The van der Waals surface area contributed by atoms with Gasteiger partial charge >= 0.3 is 0 Å². The monoisotopic (exact) mass is 285 g/mol. The van der Waals surface area contributed by atoms with Gasteiger partial charge in [-0.15, -0.1) is 0 Å². The van der Waals surface area contributed by atoms with Crippen LogP contribution in [0.15, 0.2) is 10.7 Å². The van der Waals surface area contributed by atoms with Gasteiger partial charge in [0.1, 0.15) is 16.2 Å². The Morgan fingerprint density at radius 1 is 1.38 bits per heavy atom. The topological polar surface area (TPSA) is 58.0 Å². The van der Waals surface area contributed by atoms with Crippen LogP contribution in [0, 0.1) is 6.92 Å². The maximum atomic E-state index is 9.85. The van der Waals surface area contributed by atoms with Gasteiger partial charge in [-0.3, -0.25) is 0 Å². The highest BCUT2D eigenvalue weighted by Crippen LogP contribution is 2.22. The molecule has 2 unspecified atom stereocenters. The maximum Gasteiger partial charge on any atom is 0.131 e. The molecule has 0 amide bonds. The van der Waals surface area contributed by atoms with Crippen LogP contribution in [0.3, 0.4) is 0 Å². The van der Waals surface area contributed by atoms with E-state index < -0.39 is 0 Å². The van der Waals surface area contributed by atoms with E-state index in [4.69, 9.17) is 0 Å². The first-order chi connectivity index (χ1) is 7.65. The summed E-state index contributed by atoms with van der Waals surface area (Å²) in [7, 11) is 0. The number of aromatic nitrogens is 2. The van der Waals surface area contributed by atoms with Gasteiger partial charge in [0.15, 0.2) is 0 Å². The molecule has 2 atom stereocenters. The van der Waals surface area contributed by atoms with E-state index in [0.29, 0.717) is 0 Å². The Morgan fingerprint density at radius 2 is 2.12 bits per heavy atom. The SMILES string of the molecule is Cc1nc(Br)cc(NC2CCCCC2O)n1. The van der Waals surface area contributed by atoms with Gasteiger partial charge in [0.25, 0.3) is 0 Å². The second-order valence-corrected chi connectivity index (χ2v) is 5.04.